The smallest absolute Gasteiger partial charge is 0.257 e. The number of amides is 1. The Morgan fingerprint density at radius 2 is 1.76 bits per heavy atom. The van der Waals surface area contributed by atoms with Crippen LogP contribution in [0.15, 0.2) is 72.9 Å². The van der Waals surface area contributed by atoms with Crippen molar-refractivity contribution in [3.63, 3.8) is 0 Å². The second kappa shape index (κ2) is 6.42. The summed E-state index contributed by atoms with van der Waals surface area (Å²) in [7, 11) is 0. The van der Waals surface area contributed by atoms with E-state index in [2.05, 4.69) is 15.3 Å². The first-order valence-corrected chi connectivity index (χ1v) is 8.18. The highest BCUT2D eigenvalue weighted by molar-refractivity contribution is 6.34. The third-order valence-corrected chi connectivity index (χ3v) is 4.26. The van der Waals surface area contributed by atoms with Gasteiger partial charge in [-0.1, -0.05) is 54.1 Å². The third-order valence-electron chi connectivity index (χ3n) is 3.93. The van der Waals surface area contributed by atoms with Crippen LogP contribution < -0.4 is 5.32 Å². The fraction of sp³-hybridized carbons (Fsp3) is 0. The standard InChI is InChI=1S/C20H14ClN3O/c21-17-9-5-4-8-16(17)20(25)23-15-10-14-11-18(24-19(14)22-12-15)13-6-2-1-3-7-13/h1-12H,(H,22,24)(H,23,25). The molecule has 4 aromatic rings. The molecule has 2 heterocycles. The van der Waals surface area contributed by atoms with Gasteiger partial charge in [-0.25, -0.2) is 4.98 Å². The topological polar surface area (TPSA) is 57.8 Å². The summed E-state index contributed by atoms with van der Waals surface area (Å²) in [6, 6.07) is 20.9. The minimum absolute atomic E-state index is 0.259. The second-order valence-corrected chi connectivity index (χ2v) is 6.05. The number of H-pyrrole nitrogens is 1. The first kappa shape index (κ1) is 15.4. The Hall–Kier alpha value is -3.11. The number of pyridine rings is 1. The van der Waals surface area contributed by atoms with Gasteiger partial charge in [-0.05, 0) is 29.8 Å². The van der Waals surface area contributed by atoms with Crippen molar-refractivity contribution in [1.82, 2.24) is 9.97 Å². The molecule has 0 aliphatic carbocycles. The lowest BCUT2D eigenvalue weighted by Crippen LogP contribution is -2.12. The minimum Gasteiger partial charge on any atom is -0.339 e. The lowest BCUT2D eigenvalue weighted by Gasteiger charge is -2.06. The van der Waals surface area contributed by atoms with Gasteiger partial charge in [0, 0.05) is 11.1 Å². The molecule has 0 saturated heterocycles. The van der Waals surface area contributed by atoms with Crippen LogP contribution in [-0.2, 0) is 0 Å². The van der Waals surface area contributed by atoms with Crippen LogP contribution in [0.1, 0.15) is 10.4 Å². The molecule has 2 N–H and O–H groups in total. The summed E-state index contributed by atoms with van der Waals surface area (Å²) >= 11 is 6.07. The Balaban J connectivity index is 1.63. The van der Waals surface area contributed by atoms with E-state index in [0.717, 1.165) is 22.3 Å². The molecule has 4 rings (SSSR count). The maximum atomic E-state index is 12.4. The molecule has 2 aromatic carbocycles. The number of hydrogen-bond acceptors (Lipinski definition) is 2. The summed E-state index contributed by atoms with van der Waals surface area (Å²) in [5, 5.41) is 4.19. The largest absolute Gasteiger partial charge is 0.339 e. The van der Waals surface area contributed by atoms with Gasteiger partial charge in [0.1, 0.15) is 5.65 Å². The molecule has 0 saturated carbocycles. The van der Waals surface area contributed by atoms with Crippen molar-refractivity contribution in [3.05, 3.63) is 83.5 Å². The molecule has 25 heavy (non-hydrogen) atoms. The van der Waals surface area contributed by atoms with Crippen molar-refractivity contribution in [1.29, 1.82) is 0 Å². The van der Waals surface area contributed by atoms with Gasteiger partial charge in [-0.3, -0.25) is 4.79 Å². The SMILES string of the molecule is O=C(Nc1cnc2[nH]c(-c3ccccc3)cc2c1)c1ccccc1Cl. The first-order chi connectivity index (χ1) is 12.2. The average Bonchev–Trinajstić information content (AvgIpc) is 3.06. The van der Waals surface area contributed by atoms with Crippen LogP contribution >= 0.6 is 11.6 Å². The lowest BCUT2D eigenvalue weighted by molar-refractivity contribution is 0.102. The second-order valence-electron chi connectivity index (χ2n) is 5.64. The summed E-state index contributed by atoms with van der Waals surface area (Å²) in [5.41, 5.74) is 3.90. The zero-order valence-electron chi connectivity index (χ0n) is 13.2. The third kappa shape index (κ3) is 3.12. The van der Waals surface area contributed by atoms with E-state index in [4.69, 9.17) is 11.6 Å². The van der Waals surface area contributed by atoms with Gasteiger partial charge in [-0.2, -0.15) is 0 Å². The molecule has 0 spiro atoms. The number of anilines is 1. The Labute approximate surface area is 149 Å². The van der Waals surface area contributed by atoms with E-state index in [1.807, 2.05) is 42.5 Å². The van der Waals surface area contributed by atoms with E-state index < -0.39 is 0 Å². The molecule has 0 atom stereocenters. The van der Waals surface area contributed by atoms with Crippen LogP contribution in [0.4, 0.5) is 5.69 Å². The highest BCUT2D eigenvalue weighted by Crippen LogP contribution is 2.25. The molecule has 1 amide bonds. The molecule has 0 aliphatic heterocycles. The van der Waals surface area contributed by atoms with Crippen molar-refractivity contribution < 1.29 is 4.79 Å². The number of benzene rings is 2. The number of halogens is 1. The van der Waals surface area contributed by atoms with E-state index >= 15 is 0 Å². The van der Waals surface area contributed by atoms with E-state index in [1.165, 1.54) is 0 Å². The van der Waals surface area contributed by atoms with Crippen molar-refractivity contribution in [2.45, 2.75) is 0 Å². The van der Waals surface area contributed by atoms with Crippen LogP contribution in [0.25, 0.3) is 22.3 Å². The maximum absolute atomic E-state index is 12.4. The van der Waals surface area contributed by atoms with Crippen molar-refractivity contribution in [3.8, 4) is 11.3 Å². The number of fused-ring (bicyclic) bond motifs is 1. The predicted molar refractivity (Wildman–Crippen MR) is 101 cm³/mol. The van der Waals surface area contributed by atoms with Gasteiger partial charge in [0.05, 0.1) is 22.5 Å². The number of hydrogen-bond donors (Lipinski definition) is 2. The summed E-state index contributed by atoms with van der Waals surface area (Å²) in [6.45, 7) is 0. The van der Waals surface area contributed by atoms with Crippen molar-refractivity contribution >= 4 is 34.2 Å². The molecule has 0 fully saturated rings. The Morgan fingerprint density at radius 1 is 1.00 bits per heavy atom. The Morgan fingerprint density at radius 3 is 2.56 bits per heavy atom. The van der Waals surface area contributed by atoms with E-state index in [9.17, 15) is 4.79 Å². The fourth-order valence-electron chi connectivity index (χ4n) is 2.70. The van der Waals surface area contributed by atoms with Crippen LogP contribution in [0.2, 0.25) is 5.02 Å². The normalized spacial score (nSPS) is 10.8. The number of carbonyl (C=O) groups excluding carboxylic acids is 1. The molecule has 0 bridgehead atoms. The molecule has 0 unspecified atom stereocenters. The molecule has 0 radical (unpaired) electrons. The fourth-order valence-corrected chi connectivity index (χ4v) is 2.92. The van der Waals surface area contributed by atoms with Crippen molar-refractivity contribution in [2.75, 3.05) is 5.32 Å². The quantitative estimate of drug-likeness (QED) is 0.539. The molecular formula is C20H14ClN3O. The average molecular weight is 348 g/mol. The number of aromatic nitrogens is 2. The predicted octanol–water partition coefficient (Wildman–Crippen LogP) is 5.14. The Bertz CT molecular complexity index is 1060. The number of aromatic amines is 1. The number of nitrogens with one attached hydrogen (secondary N) is 2. The van der Waals surface area contributed by atoms with Crippen LogP contribution in [-0.4, -0.2) is 15.9 Å². The monoisotopic (exact) mass is 347 g/mol. The lowest BCUT2D eigenvalue weighted by atomic mass is 10.1. The van der Waals surface area contributed by atoms with Gasteiger partial charge in [0.25, 0.3) is 5.91 Å². The first-order valence-electron chi connectivity index (χ1n) is 7.81. The zero-order valence-corrected chi connectivity index (χ0v) is 13.9. The maximum Gasteiger partial charge on any atom is 0.257 e. The summed E-state index contributed by atoms with van der Waals surface area (Å²) in [5.74, 6) is -0.259. The Kier molecular flexibility index (Phi) is 3.96. The molecular weight excluding hydrogens is 334 g/mol. The minimum atomic E-state index is -0.259. The van der Waals surface area contributed by atoms with Crippen molar-refractivity contribution in [2.24, 2.45) is 0 Å². The number of carbonyl (C=O) groups is 1. The highest BCUT2D eigenvalue weighted by atomic mass is 35.5. The van der Waals surface area contributed by atoms with Gasteiger partial charge < -0.3 is 10.3 Å². The molecule has 4 nitrogen and oxygen atoms in total. The van der Waals surface area contributed by atoms with Crippen LogP contribution in [0.3, 0.4) is 0 Å². The molecule has 2 aromatic heterocycles. The van der Waals surface area contributed by atoms with E-state index in [-0.39, 0.29) is 5.91 Å². The van der Waals surface area contributed by atoms with Gasteiger partial charge >= 0.3 is 0 Å². The van der Waals surface area contributed by atoms with Gasteiger partial charge in [-0.15, -0.1) is 0 Å². The van der Waals surface area contributed by atoms with Gasteiger partial charge in [0.2, 0.25) is 0 Å². The van der Waals surface area contributed by atoms with Gasteiger partial charge in [0.15, 0.2) is 0 Å². The molecule has 0 aliphatic rings. The highest BCUT2D eigenvalue weighted by Gasteiger charge is 2.11. The summed E-state index contributed by atoms with van der Waals surface area (Å²) < 4.78 is 0. The summed E-state index contributed by atoms with van der Waals surface area (Å²) in [6.07, 6.45) is 1.63. The zero-order chi connectivity index (χ0) is 17.2. The molecule has 5 heteroatoms. The van der Waals surface area contributed by atoms with Crippen LogP contribution in [0, 0.1) is 0 Å². The van der Waals surface area contributed by atoms with Crippen LogP contribution in [0.5, 0.6) is 0 Å². The number of nitrogens with zero attached hydrogens (tertiary/aromatic N) is 1. The molecule has 122 valence electrons. The van der Waals surface area contributed by atoms with E-state index in [1.54, 1.807) is 30.5 Å². The summed E-state index contributed by atoms with van der Waals surface area (Å²) in [4.78, 5) is 20.0. The number of rotatable bonds is 3. The van der Waals surface area contributed by atoms with E-state index in [0.29, 0.717) is 16.3 Å².